The number of nitriles is 1. The first-order chi connectivity index (χ1) is 12.7. The van der Waals surface area contributed by atoms with Crippen molar-refractivity contribution in [3.05, 3.63) is 75.1 Å². The van der Waals surface area contributed by atoms with Crippen LogP contribution in [0, 0.1) is 11.3 Å². The normalized spacial score (nSPS) is 11.3. The summed E-state index contributed by atoms with van der Waals surface area (Å²) in [6.07, 6.45) is 5.36. The van der Waals surface area contributed by atoms with E-state index in [1.54, 1.807) is 0 Å². The third-order valence-corrected chi connectivity index (χ3v) is 5.23. The van der Waals surface area contributed by atoms with Crippen LogP contribution in [-0.4, -0.2) is 4.98 Å². The van der Waals surface area contributed by atoms with E-state index in [4.69, 9.17) is 11.6 Å². The lowest BCUT2D eigenvalue weighted by Crippen LogP contribution is -1.86. The minimum Gasteiger partial charge on any atom is -0.235 e. The van der Waals surface area contributed by atoms with Crippen molar-refractivity contribution < 1.29 is 0 Å². The molecule has 0 aliphatic rings. The number of aryl methyl sites for hydroxylation is 1. The Morgan fingerprint density at radius 3 is 2.54 bits per heavy atom. The largest absolute Gasteiger partial charge is 0.235 e. The minimum absolute atomic E-state index is 0.558. The van der Waals surface area contributed by atoms with Crippen LogP contribution < -0.4 is 0 Å². The fraction of sp³-hybridized carbons (Fsp3) is 0.182. The van der Waals surface area contributed by atoms with Gasteiger partial charge in [-0.3, -0.25) is 0 Å². The second-order valence-corrected chi connectivity index (χ2v) is 7.35. The highest BCUT2D eigenvalue weighted by molar-refractivity contribution is 7.11. The number of thiazole rings is 1. The number of allylic oxidation sites excluding steroid dienone is 1. The number of unbranched alkanes of at least 4 members (excludes halogenated alkanes) is 1. The number of hydrogen-bond donors (Lipinski definition) is 0. The minimum atomic E-state index is 0.558. The summed E-state index contributed by atoms with van der Waals surface area (Å²) >= 11 is 7.40. The van der Waals surface area contributed by atoms with Gasteiger partial charge < -0.3 is 0 Å². The van der Waals surface area contributed by atoms with Gasteiger partial charge in [-0.15, -0.1) is 11.3 Å². The molecule has 0 radical (unpaired) electrons. The molecule has 0 atom stereocenters. The van der Waals surface area contributed by atoms with Gasteiger partial charge in [-0.1, -0.05) is 61.3 Å². The van der Waals surface area contributed by atoms with Crippen molar-refractivity contribution >= 4 is 34.6 Å². The lowest BCUT2D eigenvalue weighted by atomic mass is 10.1. The molecule has 0 spiro atoms. The predicted octanol–water partition coefficient (Wildman–Crippen LogP) is 6.87. The Morgan fingerprint density at radius 1 is 1.15 bits per heavy atom. The molecule has 0 saturated carbocycles. The summed E-state index contributed by atoms with van der Waals surface area (Å²) in [5.74, 6) is 0. The van der Waals surface area contributed by atoms with Crippen LogP contribution in [0.5, 0.6) is 0 Å². The predicted molar refractivity (Wildman–Crippen MR) is 111 cm³/mol. The molecule has 2 aromatic carbocycles. The Morgan fingerprint density at radius 2 is 1.88 bits per heavy atom. The third kappa shape index (κ3) is 4.60. The zero-order valence-electron chi connectivity index (χ0n) is 14.6. The number of aromatic nitrogens is 1. The topological polar surface area (TPSA) is 36.7 Å². The fourth-order valence-corrected chi connectivity index (χ4v) is 3.54. The summed E-state index contributed by atoms with van der Waals surface area (Å²) in [5, 5.41) is 12.9. The molecule has 130 valence electrons. The van der Waals surface area contributed by atoms with Crippen molar-refractivity contribution in [1.82, 2.24) is 4.98 Å². The molecule has 4 heteroatoms. The van der Waals surface area contributed by atoms with Crippen molar-refractivity contribution in [1.29, 1.82) is 5.26 Å². The molecule has 26 heavy (non-hydrogen) atoms. The SMILES string of the molecule is CCCCc1ccc(-c2csc(/C(C#N)=C\c3ccc(Cl)cc3)n2)cc1. The summed E-state index contributed by atoms with van der Waals surface area (Å²) < 4.78 is 0. The Kier molecular flexibility index (Phi) is 6.22. The van der Waals surface area contributed by atoms with Gasteiger partial charge in [0.1, 0.15) is 11.1 Å². The summed E-state index contributed by atoms with van der Waals surface area (Å²) in [5.41, 5.74) is 4.83. The van der Waals surface area contributed by atoms with Gasteiger partial charge >= 0.3 is 0 Å². The fourth-order valence-electron chi connectivity index (χ4n) is 2.62. The Hall–Kier alpha value is -2.41. The average molecular weight is 379 g/mol. The Bertz CT molecular complexity index is 932. The van der Waals surface area contributed by atoms with Gasteiger partial charge in [0.05, 0.1) is 11.3 Å². The summed E-state index contributed by atoms with van der Waals surface area (Å²) in [7, 11) is 0. The van der Waals surface area contributed by atoms with E-state index < -0.39 is 0 Å². The van der Waals surface area contributed by atoms with Crippen molar-refractivity contribution in [2.24, 2.45) is 0 Å². The molecule has 3 rings (SSSR count). The van der Waals surface area contributed by atoms with Crippen LogP contribution in [-0.2, 0) is 6.42 Å². The zero-order valence-corrected chi connectivity index (χ0v) is 16.1. The molecule has 0 aliphatic carbocycles. The number of hydrogen-bond acceptors (Lipinski definition) is 3. The van der Waals surface area contributed by atoms with E-state index in [1.165, 1.54) is 29.7 Å². The number of nitrogens with zero attached hydrogens (tertiary/aromatic N) is 2. The third-order valence-electron chi connectivity index (χ3n) is 4.10. The van der Waals surface area contributed by atoms with E-state index in [-0.39, 0.29) is 0 Å². The molecule has 0 fully saturated rings. The maximum atomic E-state index is 9.52. The lowest BCUT2D eigenvalue weighted by Gasteiger charge is -2.01. The van der Waals surface area contributed by atoms with E-state index >= 15 is 0 Å². The number of rotatable bonds is 6. The van der Waals surface area contributed by atoms with Crippen molar-refractivity contribution in [2.45, 2.75) is 26.2 Å². The van der Waals surface area contributed by atoms with Crippen LogP contribution in [0.15, 0.2) is 53.9 Å². The highest BCUT2D eigenvalue weighted by Crippen LogP contribution is 2.27. The second-order valence-electron chi connectivity index (χ2n) is 6.06. The van der Waals surface area contributed by atoms with Crippen molar-refractivity contribution in [3.8, 4) is 17.3 Å². The van der Waals surface area contributed by atoms with Gasteiger partial charge in [0, 0.05) is 16.0 Å². The Balaban J connectivity index is 1.81. The van der Waals surface area contributed by atoms with Gasteiger partial charge in [-0.05, 0) is 42.2 Å². The van der Waals surface area contributed by atoms with Gasteiger partial charge in [0.25, 0.3) is 0 Å². The molecular formula is C22H19ClN2S. The van der Waals surface area contributed by atoms with Gasteiger partial charge in [-0.2, -0.15) is 5.26 Å². The van der Waals surface area contributed by atoms with E-state index in [1.807, 2.05) is 35.7 Å². The van der Waals surface area contributed by atoms with E-state index in [9.17, 15) is 5.26 Å². The number of halogens is 1. The smallest absolute Gasteiger partial charge is 0.134 e. The monoisotopic (exact) mass is 378 g/mol. The molecule has 0 bridgehead atoms. The first-order valence-electron chi connectivity index (χ1n) is 8.62. The summed E-state index contributed by atoms with van der Waals surface area (Å²) in [6, 6.07) is 18.2. The quantitative estimate of drug-likeness (QED) is 0.439. The molecule has 1 aromatic heterocycles. The van der Waals surface area contributed by atoms with E-state index in [0.29, 0.717) is 10.6 Å². The van der Waals surface area contributed by atoms with Crippen LogP contribution >= 0.6 is 22.9 Å². The average Bonchev–Trinajstić information content (AvgIpc) is 3.16. The van der Waals surface area contributed by atoms with Crippen LogP contribution in [0.25, 0.3) is 22.9 Å². The molecule has 1 heterocycles. The van der Waals surface area contributed by atoms with Crippen molar-refractivity contribution in [3.63, 3.8) is 0 Å². The van der Waals surface area contributed by atoms with Gasteiger partial charge in [0.2, 0.25) is 0 Å². The zero-order chi connectivity index (χ0) is 18.4. The molecule has 0 amide bonds. The second kappa shape index (κ2) is 8.80. The van der Waals surface area contributed by atoms with Crippen LogP contribution in [0.4, 0.5) is 0 Å². The first kappa shape index (κ1) is 18.4. The maximum Gasteiger partial charge on any atom is 0.134 e. The number of benzene rings is 2. The molecule has 0 saturated heterocycles. The van der Waals surface area contributed by atoms with Crippen LogP contribution in [0.3, 0.4) is 0 Å². The van der Waals surface area contributed by atoms with Gasteiger partial charge in [0.15, 0.2) is 0 Å². The van der Waals surface area contributed by atoms with Crippen LogP contribution in [0.1, 0.15) is 35.9 Å². The molecule has 2 nitrogen and oxygen atoms in total. The lowest BCUT2D eigenvalue weighted by molar-refractivity contribution is 0.795. The highest BCUT2D eigenvalue weighted by atomic mass is 35.5. The maximum absolute atomic E-state index is 9.52. The molecule has 0 aliphatic heterocycles. The van der Waals surface area contributed by atoms with Crippen molar-refractivity contribution in [2.75, 3.05) is 0 Å². The standard InChI is InChI=1S/C22H19ClN2S/c1-2-3-4-16-5-9-18(10-6-16)21-15-26-22(25-21)19(14-24)13-17-7-11-20(23)12-8-17/h5-13,15H,2-4H2,1H3/b19-13-. The van der Waals surface area contributed by atoms with E-state index in [2.05, 4.69) is 42.2 Å². The first-order valence-corrected chi connectivity index (χ1v) is 9.88. The molecule has 3 aromatic rings. The highest BCUT2D eigenvalue weighted by Gasteiger charge is 2.09. The van der Waals surface area contributed by atoms with E-state index in [0.717, 1.165) is 28.2 Å². The van der Waals surface area contributed by atoms with Crippen LogP contribution in [0.2, 0.25) is 5.02 Å². The Labute approximate surface area is 163 Å². The summed E-state index contributed by atoms with van der Waals surface area (Å²) in [6.45, 7) is 2.20. The molecule has 0 unspecified atom stereocenters. The molecular weight excluding hydrogens is 360 g/mol. The molecule has 0 N–H and O–H groups in total. The summed E-state index contributed by atoms with van der Waals surface area (Å²) in [4.78, 5) is 4.66. The van der Waals surface area contributed by atoms with Gasteiger partial charge in [-0.25, -0.2) is 4.98 Å².